The third-order valence-electron chi connectivity index (χ3n) is 8.82. The number of imidazole rings is 1. The first-order valence-electron chi connectivity index (χ1n) is 23.2. The molecule has 2 nitrogen and oxygen atoms in total. The predicted octanol–water partition coefficient (Wildman–Crippen LogP) is 12.6. The van der Waals surface area contributed by atoms with Crippen molar-refractivity contribution in [3.63, 3.8) is 0 Å². The van der Waals surface area contributed by atoms with Gasteiger partial charge in [0.05, 0.1) is 30.4 Å². The molecule has 0 aliphatic heterocycles. The number of hydrogen-bond acceptors (Lipinski definition) is 1. The minimum Gasteiger partial charge on any atom is -0.296 e. The van der Waals surface area contributed by atoms with Gasteiger partial charge in [-0.15, -0.1) is 0 Å². The third-order valence-corrected chi connectivity index (χ3v) is 8.82. The van der Waals surface area contributed by atoms with Crippen LogP contribution in [0.3, 0.4) is 0 Å². The van der Waals surface area contributed by atoms with Crippen LogP contribution >= 0.6 is 0 Å². The molecular formula is C47H34N2. The highest BCUT2D eigenvalue weighted by molar-refractivity contribution is 6.22. The standard InChI is InChI=1S/C47H34N2/c1-2-45-48-42-26-14-16-28-44(42)49(45)43-27-15-13-25-41(43)47-39-23-11-9-21-37(39)46(38-22-10-12-24-40(38)47)36-30-34(32-17-5-3-6-18-32)29-35(31-36)33-19-7-4-8-20-33/h3-31H,2H2,1H3/i1D3,2D2,3D,4D,5D,6D,7D,8D,17D,18D,19D,20D. The fourth-order valence-electron chi connectivity index (χ4n) is 6.81. The highest BCUT2D eigenvalue weighted by atomic mass is 15.1. The quantitative estimate of drug-likeness (QED) is 0.165. The molecule has 8 aromatic carbocycles. The molecule has 9 aromatic rings. The summed E-state index contributed by atoms with van der Waals surface area (Å²) in [7, 11) is 0. The van der Waals surface area contributed by atoms with E-state index < -0.39 is 73.6 Å². The molecule has 0 bridgehead atoms. The Morgan fingerprint density at radius 3 is 1.67 bits per heavy atom. The maximum absolute atomic E-state index is 8.91. The predicted molar refractivity (Wildman–Crippen MR) is 207 cm³/mol. The second-order valence-electron chi connectivity index (χ2n) is 11.5. The summed E-state index contributed by atoms with van der Waals surface area (Å²) in [6.45, 7) is -3.07. The molecule has 9 rings (SSSR count). The number of benzene rings is 8. The summed E-state index contributed by atoms with van der Waals surface area (Å²) in [6.07, 6.45) is -2.86. The van der Waals surface area contributed by atoms with E-state index in [-0.39, 0.29) is 28.1 Å². The second-order valence-corrected chi connectivity index (χ2v) is 11.5. The smallest absolute Gasteiger partial charge is 0.114 e. The molecule has 0 aliphatic rings. The van der Waals surface area contributed by atoms with E-state index in [1.54, 1.807) is 53.1 Å². The van der Waals surface area contributed by atoms with Gasteiger partial charge in [0.15, 0.2) is 0 Å². The molecule has 1 heterocycles. The van der Waals surface area contributed by atoms with Crippen LogP contribution in [0.4, 0.5) is 0 Å². The monoisotopic (exact) mass is 641 g/mol. The highest BCUT2D eigenvalue weighted by Gasteiger charge is 2.21. The molecule has 1 aromatic heterocycles. The van der Waals surface area contributed by atoms with E-state index in [0.29, 0.717) is 55.0 Å². The van der Waals surface area contributed by atoms with Gasteiger partial charge in [0, 0.05) is 18.8 Å². The van der Waals surface area contributed by atoms with Crippen LogP contribution in [0.5, 0.6) is 0 Å². The zero-order valence-corrected chi connectivity index (χ0v) is 25.9. The number of para-hydroxylation sites is 3. The number of rotatable bonds is 6. The van der Waals surface area contributed by atoms with Crippen LogP contribution in [-0.4, -0.2) is 9.55 Å². The summed E-state index contributed by atoms with van der Waals surface area (Å²) in [5, 5.41) is 2.80. The summed E-state index contributed by atoms with van der Waals surface area (Å²) >= 11 is 0. The molecule has 0 radical (unpaired) electrons. The molecule has 49 heavy (non-hydrogen) atoms. The SMILES string of the molecule is [2H]c1c([2H])c([2H])c(-c2cc(-c3c([2H])c([2H])c([2H])c([2H])c3[2H])cc(-c3c4ccccc4c(-c4ccccc4-n4c(C([2H])([2H])C([2H])([2H])[2H])nc5ccccc54)c4ccccc34)c2)c([2H])c1[2H]. The van der Waals surface area contributed by atoms with Crippen molar-refractivity contribution < 1.29 is 20.6 Å². The lowest BCUT2D eigenvalue weighted by Crippen LogP contribution is -2.03. The van der Waals surface area contributed by atoms with Crippen molar-refractivity contribution in [2.24, 2.45) is 0 Å². The number of hydrogen-bond donors (Lipinski definition) is 0. The molecule has 0 saturated heterocycles. The first-order valence-corrected chi connectivity index (χ1v) is 15.7. The third kappa shape index (κ3) is 4.92. The van der Waals surface area contributed by atoms with Crippen molar-refractivity contribution in [2.45, 2.75) is 13.2 Å². The summed E-state index contributed by atoms with van der Waals surface area (Å²) < 4.78 is 130. The van der Waals surface area contributed by atoms with Gasteiger partial charge in [-0.2, -0.15) is 0 Å². The van der Waals surface area contributed by atoms with Crippen LogP contribution < -0.4 is 0 Å². The Balaban J connectivity index is 1.41. The largest absolute Gasteiger partial charge is 0.296 e. The Morgan fingerprint density at radius 2 is 1.06 bits per heavy atom. The fraction of sp³-hybridized carbons (Fsp3) is 0.0426. The average Bonchev–Trinajstić information content (AvgIpc) is 3.68. The van der Waals surface area contributed by atoms with Gasteiger partial charge in [0.25, 0.3) is 0 Å². The van der Waals surface area contributed by atoms with E-state index >= 15 is 0 Å². The van der Waals surface area contributed by atoms with Crippen LogP contribution in [-0.2, 0) is 6.37 Å². The van der Waals surface area contributed by atoms with Gasteiger partial charge in [-0.1, -0.05) is 146 Å². The Labute approximate surface area is 307 Å². The molecule has 0 aliphatic carbocycles. The number of fused-ring (bicyclic) bond motifs is 3. The Hall–Kier alpha value is -6.25. The molecule has 0 N–H and O–H groups in total. The van der Waals surface area contributed by atoms with Crippen molar-refractivity contribution in [3.05, 3.63) is 182 Å². The first-order chi connectivity index (χ1) is 30.3. The summed E-state index contributed by atoms with van der Waals surface area (Å²) in [5.74, 6) is -0.295. The number of aryl methyl sites for hydroxylation is 1. The van der Waals surface area contributed by atoms with Crippen molar-refractivity contribution in [1.29, 1.82) is 0 Å². The van der Waals surface area contributed by atoms with Crippen molar-refractivity contribution in [1.82, 2.24) is 9.55 Å². The minimum atomic E-state index is -3.07. The van der Waals surface area contributed by atoms with E-state index in [9.17, 15) is 0 Å². The molecule has 0 saturated carbocycles. The van der Waals surface area contributed by atoms with E-state index in [1.165, 1.54) is 6.07 Å². The van der Waals surface area contributed by atoms with Crippen LogP contribution in [0.1, 0.15) is 33.2 Å². The Kier molecular flexibility index (Phi) is 4.25. The lowest BCUT2D eigenvalue weighted by atomic mass is 9.84. The van der Waals surface area contributed by atoms with Crippen LogP contribution in [0.25, 0.3) is 82.8 Å². The van der Waals surface area contributed by atoms with E-state index in [4.69, 9.17) is 20.6 Å². The van der Waals surface area contributed by atoms with Crippen molar-refractivity contribution in [3.8, 4) is 50.2 Å². The normalized spacial score (nSPS) is 16.4. The lowest BCUT2D eigenvalue weighted by molar-refractivity contribution is 0.909. The molecule has 0 unspecified atom stereocenters. The van der Waals surface area contributed by atoms with Gasteiger partial charge in [-0.25, -0.2) is 4.98 Å². The second kappa shape index (κ2) is 12.1. The van der Waals surface area contributed by atoms with Crippen molar-refractivity contribution in [2.75, 3.05) is 0 Å². The molecule has 0 fully saturated rings. The van der Waals surface area contributed by atoms with E-state index in [0.717, 1.165) is 5.56 Å². The fourth-order valence-corrected chi connectivity index (χ4v) is 6.81. The van der Waals surface area contributed by atoms with Crippen LogP contribution in [0, 0.1) is 0 Å². The van der Waals surface area contributed by atoms with Gasteiger partial charge in [-0.05, 0) is 96.9 Å². The van der Waals surface area contributed by atoms with Gasteiger partial charge < -0.3 is 0 Å². The molecule has 0 atom stereocenters. The average molecular weight is 642 g/mol. The summed E-state index contributed by atoms with van der Waals surface area (Å²) in [6, 6.07) is 28.8. The summed E-state index contributed by atoms with van der Waals surface area (Å²) in [5.41, 5.74) is 3.82. The molecule has 0 spiro atoms. The van der Waals surface area contributed by atoms with Crippen LogP contribution in [0.15, 0.2) is 176 Å². The van der Waals surface area contributed by atoms with Crippen molar-refractivity contribution >= 4 is 32.6 Å². The molecule has 232 valence electrons. The first kappa shape index (κ1) is 17.2. The van der Waals surface area contributed by atoms with Gasteiger partial charge >= 0.3 is 0 Å². The maximum atomic E-state index is 8.91. The number of aromatic nitrogens is 2. The molecule has 0 amide bonds. The van der Waals surface area contributed by atoms with E-state index in [1.807, 2.05) is 60.7 Å². The number of nitrogens with zero attached hydrogens (tertiary/aromatic N) is 2. The van der Waals surface area contributed by atoms with Crippen LogP contribution in [0.2, 0.25) is 0 Å². The Bertz CT molecular complexity index is 3220. The maximum Gasteiger partial charge on any atom is 0.114 e. The minimum absolute atomic E-state index is 0.138. The van der Waals surface area contributed by atoms with Gasteiger partial charge in [-0.3, -0.25) is 4.57 Å². The Morgan fingerprint density at radius 1 is 0.551 bits per heavy atom. The summed E-state index contributed by atoms with van der Waals surface area (Å²) in [4.78, 5) is 4.57. The topological polar surface area (TPSA) is 17.8 Å². The highest BCUT2D eigenvalue weighted by Crippen LogP contribution is 2.46. The lowest BCUT2D eigenvalue weighted by Gasteiger charge is -2.21. The van der Waals surface area contributed by atoms with Gasteiger partial charge in [0.1, 0.15) is 5.82 Å². The van der Waals surface area contributed by atoms with E-state index in [2.05, 4.69) is 4.98 Å². The zero-order valence-electron chi connectivity index (χ0n) is 40.9. The molecular weight excluding hydrogens is 593 g/mol. The van der Waals surface area contributed by atoms with Gasteiger partial charge in [0.2, 0.25) is 0 Å². The zero-order chi connectivity index (χ0) is 45.7. The molecule has 2 heteroatoms.